The molecule has 1 atom stereocenters. The summed E-state index contributed by atoms with van der Waals surface area (Å²) < 4.78 is 2.90. The van der Waals surface area contributed by atoms with E-state index in [1.807, 2.05) is 6.92 Å². The van der Waals surface area contributed by atoms with E-state index in [2.05, 4.69) is 70.4 Å². The Morgan fingerprint density at radius 2 is 1.50 bits per heavy atom. The lowest BCUT2D eigenvalue weighted by molar-refractivity contribution is 0.214. The second-order valence-corrected chi connectivity index (χ2v) is 12.6. The number of hydrogen-bond donors (Lipinski definition) is 1. The summed E-state index contributed by atoms with van der Waals surface area (Å²) in [6.45, 7) is 25.3. The smallest absolute Gasteiger partial charge is 0.0111 e. The van der Waals surface area contributed by atoms with Crippen LogP contribution in [0.15, 0.2) is 30.3 Å². The highest BCUT2D eigenvalue weighted by Gasteiger charge is 2.21. The van der Waals surface area contributed by atoms with Gasteiger partial charge in [-0.15, -0.1) is 0 Å². The van der Waals surface area contributed by atoms with E-state index in [9.17, 15) is 0 Å². The second kappa shape index (κ2) is 20.7. The molecule has 218 valence electrons. The molecule has 1 fully saturated rings. The average Bonchev–Trinajstić information content (AvgIpc) is 3.69. The number of likely N-dealkylation sites (tertiary alicyclic amines) is 1. The van der Waals surface area contributed by atoms with Gasteiger partial charge in [0.05, 0.1) is 0 Å². The number of fused-ring (bicyclic) bond motifs is 2. The molecule has 1 aromatic rings. The molecule has 2 nitrogen and oxygen atoms in total. The first-order valence-corrected chi connectivity index (χ1v) is 16.7. The fourth-order valence-electron chi connectivity index (χ4n) is 5.63. The summed E-state index contributed by atoms with van der Waals surface area (Å²) in [6, 6.07) is 3.41. The first-order valence-electron chi connectivity index (χ1n) is 15.8. The van der Waals surface area contributed by atoms with E-state index in [0.29, 0.717) is 0 Å². The molecule has 0 spiro atoms. The fraction of sp³-hybridized carbons (Fsp3) is 0.714. The molecule has 4 rings (SSSR count). The Labute approximate surface area is 242 Å². The van der Waals surface area contributed by atoms with Crippen LogP contribution in [0.3, 0.4) is 0 Å². The average molecular weight is 543 g/mol. The molecule has 1 N–H and O–H groups in total. The van der Waals surface area contributed by atoms with Crippen molar-refractivity contribution >= 4 is 11.9 Å². The minimum absolute atomic E-state index is 0.884. The standard InChI is InChI=1S/C13H16.C12H25N.C5H9NS.C5H12/c1-9-12-6-2-4-10(12)8-11-5-3-7-13(9)11;1-3-5-9-12(8-4-2)13-10-6-7-11-13;1-4-7-6-5(2)3;1-4-5(2)3/h8H,2-7H2,1H3;12H,3-11H2,1-2H3;4,6H,1-2H2,3H3;5H,4H2,1-3H3. The van der Waals surface area contributed by atoms with Gasteiger partial charge in [0.1, 0.15) is 0 Å². The van der Waals surface area contributed by atoms with E-state index in [4.69, 9.17) is 0 Å². The SMILES string of the molecule is C=CSNC(=C)C.CCC(C)C.CCCCC(CCC)N1CCCC1.Cc1c2c(cc3c1CCC3)CCC2. The number of allylic oxidation sites excluding steroid dienone is 1. The lowest BCUT2D eigenvalue weighted by atomic mass is 9.95. The minimum Gasteiger partial charge on any atom is -0.331 e. The zero-order chi connectivity index (χ0) is 28.3. The summed E-state index contributed by atoms with van der Waals surface area (Å²) >= 11 is 1.43. The van der Waals surface area contributed by atoms with Crippen LogP contribution in [0.2, 0.25) is 0 Å². The van der Waals surface area contributed by atoms with Gasteiger partial charge in [-0.3, -0.25) is 0 Å². The van der Waals surface area contributed by atoms with Crippen molar-refractivity contribution in [1.82, 2.24) is 9.62 Å². The maximum atomic E-state index is 3.61. The van der Waals surface area contributed by atoms with Crippen molar-refractivity contribution < 1.29 is 0 Å². The number of aryl methyl sites for hydroxylation is 2. The normalized spacial score (nSPS) is 16.2. The van der Waals surface area contributed by atoms with Crippen molar-refractivity contribution in [1.29, 1.82) is 0 Å². The van der Waals surface area contributed by atoms with Crippen molar-refractivity contribution in [2.24, 2.45) is 5.92 Å². The number of rotatable bonds is 10. The summed E-state index contributed by atoms with van der Waals surface area (Å²) in [5.41, 5.74) is 9.31. The van der Waals surface area contributed by atoms with Gasteiger partial charge >= 0.3 is 0 Å². The number of benzene rings is 1. The molecule has 0 bridgehead atoms. The van der Waals surface area contributed by atoms with Crippen LogP contribution < -0.4 is 4.72 Å². The van der Waals surface area contributed by atoms with Crippen molar-refractivity contribution in [3.63, 3.8) is 0 Å². The third kappa shape index (κ3) is 13.2. The molecule has 0 radical (unpaired) electrons. The molecule has 2 aliphatic carbocycles. The number of nitrogens with zero attached hydrogens (tertiary/aromatic N) is 1. The predicted molar refractivity (Wildman–Crippen MR) is 175 cm³/mol. The van der Waals surface area contributed by atoms with Crippen LogP contribution in [-0.4, -0.2) is 24.0 Å². The van der Waals surface area contributed by atoms with Crippen molar-refractivity contribution in [3.8, 4) is 0 Å². The van der Waals surface area contributed by atoms with E-state index in [-0.39, 0.29) is 0 Å². The van der Waals surface area contributed by atoms with Gasteiger partial charge in [0.25, 0.3) is 0 Å². The van der Waals surface area contributed by atoms with Gasteiger partial charge in [-0.25, -0.2) is 0 Å². The van der Waals surface area contributed by atoms with Crippen LogP contribution >= 0.6 is 11.9 Å². The molecular formula is C35H62N2S. The van der Waals surface area contributed by atoms with Crippen molar-refractivity contribution in [2.75, 3.05) is 13.1 Å². The van der Waals surface area contributed by atoms with Crippen LogP contribution in [0, 0.1) is 12.8 Å². The molecule has 1 aliphatic heterocycles. The lowest BCUT2D eigenvalue weighted by Crippen LogP contribution is -2.32. The second-order valence-electron chi connectivity index (χ2n) is 11.8. The highest BCUT2D eigenvalue weighted by atomic mass is 32.2. The number of nitrogens with one attached hydrogen (secondary N) is 1. The van der Waals surface area contributed by atoms with E-state index >= 15 is 0 Å². The van der Waals surface area contributed by atoms with Gasteiger partial charge in [0.15, 0.2) is 0 Å². The van der Waals surface area contributed by atoms with Gasteiger partial charge in [0, 0.05) is 11.7 Å². The molecule has 3 heteroatoms. The molecule has 38 heavy (non-hydrogen) atoms. The highest BCUT2D eigenvalue weighted by Crippen LogP contribution is 2.34. The maximum Gasteiger partial charge on any atom is 0.0111 e. The van der Waals surface area contributed by atoms with E-state index in [1.54, 1.807) is 33.2 Å². The van der Waals surface area contributed by atoms with Crippen molar-refractivity contribution in [2.45, 2.75) is 144 Å². The quantitative estimate of drug-likeness (QED) is 0.296. The molecule has 0 amide bonds. The monoisotopic (exact) mass is 542 g/mol. The molecule has 1 unspecified atom stereocenters. The largest absolute Gasteiger partial charge is 0.331 e. The third-order valence-corrected chi connectivity index (χ3v) is 8.71. The van der Waals surface area contributed by atoms with Gasteiger partial charge in [0.2, 0.25) is 0 Å². The van der Waals surface area contributed by atoms with Crippen molar-refractivity contribution in [3.05, 3.63) is 58.1 Å². The molecule has 0 aromatic heterocycles. The summed E-state index contributed by atoms with van der Waals surface area (Å²) in [7, 11) is 0. The molecule has 0 saturated carbocycles. The maximum absolute atomic E-state index is 3.61. The Hall–Kier alpha value is -1.19. The van der Waals surface area contributed by atoms with Crippen LogP contribution in [-0.2, 0) is 25.7 Å². The zero-order valence-corrected chi connectivity index (χ0v) is 27.2. The molecule has 3 aliphatic rings. The van der Waals surface area contributed by atoms with Gasteiger partial charge in [-0.1, -0.05) is 79.5 Å². The van der Waals surface area contributed by atoms with E-state index in [0.717, 1.165) is 17.7 Å². The molecule has 1 heterocycles. The fourth-order valence-corrected chi connectivity index (χ4v) is 5.92. The third-order valence-electron chi connectivity index (χ3n) is 8.08. The van der Waals surface area contributed by atoms with E-state index in [1.165, 1.54) is 115 Å². The van der Waals surface area contributed by atoms with Gasteiger partial charge in [-0.2, -0.15) is 0 Å². The first kappa shape index (κ1) is 34.8. The van der Waals surface area contributed by atoms with Crippen LogP contribution in [0.4, 0.5) is 0 Å². The molecular weight excluding hydrogens is 480 g/mol. The Balaban J connectivity index is 0.000000273. The summed E-state index contributed by atoms with van der Waals surface area (Å²) in [5, 5.41) is 1.72. The van der Waals surface area contributed by atoms with Crippen LogP contribution in [0.25, 0.3) is 0 Å². The van der Waals surface area contributed by atoms with Gasteiger partial charge < -0.3 is 9.62 Å². The topological polar surface area (TPSA) is 15.3 Å². The number of unbranched alkanes of at least 4 members (excludes halogenated alkanes) is 1. The van der Waals surface area contributed by atoms with Crippen LogP contribution in [0.5, 0.6) is 0 Å². The van der Waals surface area contributed by atoms with E-state index < -0.39 is 0 Å². The Morgan fingerprint density at radius 1 is 0.947 bits per heavy atom. The van der Waals surface area contributed by atoms with Gasteiger partial charge in [-0.05, 0) is 142 Å². The highest BCUT2D eigenvalue weighted by molar-refractivity contribution is 8.00. The summed E-state index contributed by atoms with van der Waals surface area (Å²) in [4.78, 5) is 2.72. The van der Waals surface area contributed by atoms with Crippen LogP contribution in [0.1, 0.15) is 134 Å². The molecule has 1 saturated heterocycles. The Kier molecular flexibility index (Phi) is 19.0. The summed E-state index contributed by atoms with van der Waals surface area (Å²) in [6.07, 6.45) is 19.3. The number of hydrogen-bond acceptors (Lipinski definition) is 3. The minimum atomic E-state index is 0.884. The lowest BCUT2D eigenvalue weighted by Gasteiger charge is -2.27. The molecule has 1 aromatic carbocycles. The Bertz CT molecular complexity index is 759. The zero-order valence-electron chi connectivity index (χ0n) is 26.4. The first-order chi connectivity index (χ1) is 18.3. The predicted octanol–water partition coefficient (Wildman–Crippen LogP) is 10.4. The summed E-state index contributed by atoms with van der Waals surface area (Å²) in [5.74, 6) is 0.884. The Morgan fingerprint density at radius 3 is 1.89 bits per heavy atom.